The van der Waals surface area contributed by atoms with E-state index in [0.717, 1.165) is 0 Å². The third kappa shape index (κ3) is 80.2. The zero-order chi connectivity index (χ0) is 14.5. The Morgan fingerprint density at radius 3 is 1.53 bits per heavy atom. The van der Waals surface area contributed by atoms with Crippen molar-refractivity contribution in [1.29, 1.82) is 0 Å². The minimum absolute atomic E-state index is 0. The zero-order valence-electron chi connectivity index (χ0n) is 8.79. The van der Waals surface area contributed by atoms with Crippen molar-refractivity contribution >= 4 is 5.97 Å². The first-order valence-corrected chi connectivity index (χ1v) is 3.86. The Bertz CT molecular complexity index is 199. The van der Waals surface area contributed by atoms with Crippen molar-refractivity contribution in [2.24, 2.45) is 0 Å². The van der Waals surface area contributed by atoms with Crippen LogP contribution in [0.1, 0.15) is 21.8 Å². The Balaban J connectivity index is -0.0000000565. The maximum atomic E-state index is 11.3. The van der Waals surface area contributed by atoms with E-state index in [2.05, 4.69) is 11.3 Å². The van der Waals surface area contributed by atoms with Gasteiger partial charge in [0, 0.05) is 5.57 Å². The SMILES string of the molecule is C.C.C=C(C)C(=O)OCCF.FC(F)(F)F.FCF. The van der Waals surface area contributed by atoms with Gasteiger partial charge in [-0.3, -0.25) is 0 Å². The number of hydrogen-bond donors (Lipinski definition) is 0. The Morgan fingerprint density at radius 2 is 1.37 bits per heavy atom. The predicted molar refractivity (Wildman–Crippen MR) is 59.5 cm³/mol. The van der Waals surface area contributed by atoms with Gasteiger partial charge < -0.3 is 4.74 Å². The predicted octanol–water partition coefficient (Wildman–Crippen LogP) is 4.71. The molecule has 0 atom stereocenters. The molecule has 0 saturated carbocycles. The molecule has 0 aromatic rings. The number of alkyl halides is 7. The minimum Gasteiger partial charge on any atom is -0.460 e. The largest absolute Gasteiger partial charge is 0.559 e. The van der Waals surface area contributed by atoms with Crippen molar-refractivity contribution < 1.29 is 40.3 Å². The number of halogens is 7. The quantitative estimate of drug-likeness (QED) is 0.429. The molecular formula is C10H19F7O2. The van der Waals surface area contributed by atoms with Gasteiger partial charge in [0.2, 0.25) is 6.93 Å². The van der Waals surface area contributed by atoms with Crippen LogP contribution in [0.5, 0.6) is 0 Å². The van der Waals surface area contributed by atoms with E-state index < -0.39 is 26.0 Å². The van der Waals surface area contributed by atoms with Gasteiger partial charge in [0.05, 0.1) is 0 Å². The molecule has 9 heteroatoms. The summed E-state index contributed by atoms with van der Waals surface area (Å²) in [6, 6.07) is 0. The van der Waals surface area contributed by atoms with E-state index in [4.69, 9.17) is 0 Å². The number of carbonyl (C=O) groups is 1. The third-order valence-electron chi connectivity index (χ3n) is 0.659. The fourth-order valence-electron chi connectivity index (χ4n) is 0.254. The highest BCUT2D eigenvalue weighted by Crippen LogP contribution is 2.13. The molecule has 0 aromatic heterocycles. The van der Waals surface area contributed by atoms with Gasteiger partial charge in [0.25, 0.3) is 0 Å². The number of hydrogen-bond acceptors (Lipinski definition) is 2. The van der Waals surface area contributed by atoms with Gasteiger partial charge >= 0.3 is 12.4 Å². The van der Waals surface area contributed by atoms with Gasteiger partial charge in [-0.05, 0) is 6.92 Å². The topological polar surface area (TPSA) is 26.3 Å². The molecule has 0 rings (SSSR count). The van der Waals surface area contributed by atoms with Crippen LogP contribution in [-0.4, -0.2) is 32.6 Å². The van der Waals surface area contributed by atoms with Gasteiger partial charge in [0.15, 0.2) is 0 Å². The van der Waals surface area contributed by atoms with Crippen molar-refractivity contribution in [2.45, 2.75) is 28.2 Å². The van der Waals surface area contributed by atoms with Gasteiger partial charge in [-0.2, -0.15) is 0 Å². The van der Waals surface area contributed by atoms with E-state index in [-0.39, 0.29) is 21.5 Å². The number of esters is 1. The number of ether oxygens (including phenoxy) is 1. The fraction of sp³-hybridized carbons (Fsp3) is 0.700. The van der Waals surface area contributed by atoms with Gasteiger partial charge in [-0.15, -0.1) is 17.6 Å². The molecule has 0 aliphatic rings. The highest BCUT2D eigenvalue weighted by Gasteiger charge is 2.24. The van der Waals surface area contributed by atoms with Crippen molar-refractivity contribution in [3.8, 4) is 0 Å². The molecule has 0 fully saturated rings. The van der Waals surface area contributed by atoms with Crippen LogP contribution in [-0.2, 0) is 9.53 Å². The lowest BCUT2D eigenvalue weighted by Crippen LogP contribution is -2.06. The van der Waals surface area contributed by atoms with Gasteiger partial charge in [-0.25, -0.2) is 18.0 Å². The van der Waals surface area contributed by atoms with E-state index in [1.807, 2.05) is 0 Å². The molecule has 120 valence electrons. The smallest absolute Gasteiger partial charge is 0.460 e. The first kappa shape index (κ1) is 30.6. The maximum Gasteiger partial charge on any atom is 0.559 e. The normalized spacial score (nSPS) is 8.21. The molecule has 0 spiro atoms. The molecule has 0 unspecified atom stereocenters. The van der Waals surface area contributed by atoms with Gasteiger partial charge in [0.1, 0.15) is 13.3 Å². The fourth-order valence-corrected chi connectivity index (χ4v) is 0.254. The average molecular weight is 304 g/mol. The van der Waals surface area contributed by atoms with Crippen molar-refractivity contribution in [2.75, 3.05) is 20.2 Å². The van der Waals surface area contributed by atoms with Crippen molar-refractivity contribution in [3.63, 3.8) is 0 Å². The molecule has 0 aromatic carbocycles. The summed E-state index contributed by atoms with van der Waals surface area (Å²) in [5, 5.41) is 0. The summed E-state index contributed by atoms with van der Waals surface area (Å²) in [4.78, 5) is 10.4. The van der Waals surface area contributed by atoms with Crippen LogP contribution < -0.4 is 0 Å². The summed E-state index contributed by atoms with van der Waals surface area (Å²) in [6.07, 6.45) is -5.50. The molecule has 0 aliphatic heterocycles. The molecule has 19 heavy (non-hydrogen) atoms. The number of rotatable bonds is 3. The van der Waals surface area contributed by atoms with E-state index >= 15 is 0 Å². The standard InChI is InChI=1S/C6H9FO2.CF4.CH2F2.2CH4/c1-5(2)6(8)9-4-3-7;2-1(3,4)5;2-1-3;;/h1,3-4H2,2H3;;1H2;2*1H4. The van der Waals surface area contributed by atoms with Crippen LogP contribution in [0.2, 0.25) is 0 Å². The molecule has 2 nitrogen and oxygen atoms in total. The number of carbonyl (C=O) groups excluding carboxylic acids is 1. The monoisotopic (exact) mass is 304 g/mol. The van der Waals surface area contributed by atoms with Crippen molar-refractivity contribution in [3.05, 3.63) is 12.2 Å². The van der Waals surface area contributed by atoms with Crippen LogP contribution in [0.3, 0.4) is 0 Å². The molecule has 0 bridgehead atoms. The molecule has 0 N–H and O–H groups in total. The Morgan fingerprint density at radius 1 is 1.11 bits per heavy atom. The summed E-state index contributed by atoms with van der Waals surface area (Å²) < 4.78 is 73.6. The van der Waals surface area contributed by atoms with Crippen LogP contribution in [0.15, 0.2) is 12.2 Å². The summed E-state index contributed by atoms with van der Waals surface area (Å²) in [6.45, 7) is 2.26. The second-order valence-corrected chi connectivity index (χ2v) is 2.13. The van der Waals surface area contributed by atoms with Crippen LogP contribution in [0.25, 0.3) is 0 Å². The Hall–Kier alpha value is -1.28. The molecule has 0 heterocycles. The zero-order valence-corrected chi connectivity index (χ0v) is 8.79. The third-order valence-corrected chi connectivity index (χ3v) is 0.659. The Labute approximate surface area is 108 Å². The average Bonchev–Trinajstić information content (AvgIpc) is 2.12. The first-order chi connectivity index (χ1) is 7.59. The van der Waals surface area contributed by atoms with Crippen LogP contribution >= 0.6 is 0 Å². The van der Waals surface area contributed by atoms with Crippen LogP contribution in [0, 0.1) is 0 Å². The van der Waals surface area contributed by atoms with Gasteiger partial charge in [-0.1, -0.05) is 21.4 Å². The lowest BCUT2D eigenvalue weighted by atomic mass is 10.4. The van der Waals surface area contributed by atoms with E-state index in [9.17, 15) is 35.5 Å². The van der Waals surface area contributed by atoms with E-state index in [0.29, 0.717) is 5.57 Å². The van der Waals surface area contributed by atoms with E-state index in [1.165, 1.54) is 6.92 Å². The summed E-state index contributed by atoms with van der Waals surface area (Å²) in [7, 11) is 0. The minimum atomic E-state index is -5.50. The Kier molecular flexibility index (Phi) is 30.7. The maximum absolute atomic E-state index is 11.3. The van der Waals surface area contributed by atoms with Crippen LogP contribution in [0.4, 0.5) is 30.7 Å². The highest BCUT2D eigenvalue weighted by molar-refractivity contribution is 5.86. The highest BCUT2D eigenvalue weighted by atomic mass is 19.5. The summed E-state index contributed by atoms with van der Waals surface area (Å²) >= 11 is 0. The first-order valence-electron chi connectivity index (χ1n) is 3.86. The molecule has 0 radical (unpaired) electrons. The second kappa shape index (κ2) is 19.1. The molecular weight excluding hydrogens is 285 g/mol. The van der Waals surface area contributed by atoms with E-state index in [1.54, 1.807) is 0 Å². The summed E-state index contributed by atoms with van der Waals surface area (Å²) in [5.74, 6) is -0.535. The molecule has 0 aliphatic carbocycles. The lowest BCUT2D eigenvalue weighted by Gasteiger charge is -1.98. The summed E-state index contributed by atoms with van der Waals surface area (Å²) in [5.41, 5.74) is 0.295. The second-order valence-electron chi connectivity index (χ2n) is 2.13. The molecule has 0 saturated heterocycles. The lowest BCUT2D eigenvalue weighted by molar-refractivity contribution is -0.237. The molecule has 0 amide bonds. The van der Waals surface area contributed by atoms with Crippen molar-refractivity contribution in [1.82, 2.24) is 0 Å².